The highest BCUT2D eigenvalue weighted by molar-refractivity contribution is 7.86. The molecular weight excluding hydrogens is 208 g/mol. The highest BCUT2D eigenvalue weighted by Crippen LogP contribution is 2.22. The molecule has 0 bridgehead atoms. The highest BCUT2D eigenvalue weighted by atomic mass is 32.2. The zero-order valence-corrected chi connectivity index (χ0v) is 8.11. The van der Waals surface area contributed by atoms with Gasteiger partial charge in [0.15, 0.2) is 5.75 Å². The van der Waals surface area contributed by atoms with Crippen LogP contribution in [0.15, 0.2) is 29.2 Å². The van der Waals surface area contributed by atoms with Crippen LogP contribution in [0.5, 0.6) is 5.75 Å². The lowest BCUT2D eigenvalue weighted by Gasteiger charge is -2.04. The predicted octanol–water partition coefficient (Wildman–Crippen LogP) is 0.859. The van der Waals surface area contributed by atoms with Gasteiger partial charge in [0.2, 0.25) is 0 Å². The van der Waals surface area contributed by atoms with Crippen molar-refractivity contribution < 1.29 is 22.5 Å². The van der Waals surface area contributed by atoms with Crippen LogP contribution in [-0.4, -0.2) is 18.9 Å². The molecule has 0 amide bonds. The van der Waals surface area contributed by atoms with Crippen molar-refractivity contribution in [1.82, 2.24) is 0 Å². The van der Waals surface area contributed by atoms with Crippen molar-refractivity contribution in [2.24, 2.45) is 0 Å². The first-order valence-electron chi connectivity index (χ1n) is 3.66. The third-order valence-corrected chi connectivity index (χ3v) is 2.27. The Morgan fingerprint density at radius 2 is 1.93 bits per heavy atom. The molecule has 1 N–H and O–H groups in total. The normalized spacial score (nSPS) is 11.0. The Kier molecular flexibility index (Phi) is 2.87. The number of hydrogen-bond acceptors (Lipinski definition) is 4. The molecule has 1 aromatic carbocycles. The summed E-state index contributed by atoms with van der Waals surface area (Å²) in [6.45, 7) is 1.14. The van der Waals surface area contributed by atoms with Gasteiger partial charge in [0.25, 0.3) is 10.1 Å². The van der Waals surface area contributed by atoms with Crippen LogP contribution in [0, 0.1) is 0 Å². The Labute approximate surface area is 81.1 Å². The summed E-state index contributed by atoms with van der Waals surface area (Å²) in [5, 5.41) is 0. The van der Waals surface area contributed by atoms with E-state index in [2.05, 4.69) is 4.74 Å². The molecule has 0 aliphatic heterocycles. The van der Waals surface area contributed by atoms with Gasteiger partial charge in [-0.1, -0.05) is 12.1 Å². The Hall–Kier alpha value is -1.40. The second-order valence-corrected chi connectivity index (χ2v) is 3.91. The van der Waals surface area contributed by atoms with Crippen LogP contribution < -0.4 is 4.74 Å². The van der Waals surface area contributed by atoms with Crippen LogP contribution in [0.3, 0.4) is 0 Å². The van der Waals surface area contributed by atoms with Crippen molar-refractivity contribution in [3.8, 4) is 5.75 Å². The summed E-state index contributed by atoms with van der Waals surface area (Å²) < 4.78 is 35.0. The summed E-state index contributed by atoms with van der Waals surface area (Å²) in [5.41, 5.74) is 0. The third-order valence-electron chi connectivity index (χ3n) is 1.38. The van der Waals surface area contributed by atoms with Crippen molar-refractivity contribution in [2.75, 3.05) is 0 Å². The Balaban J connectivity index is 3.23. The summed E-state index contributed by atoms with van der Waals surface area (Å²) in [7, 11) is -4.36. The van der Waals surface area contributed by atoms with Crippen molar-refractivity contribution in [3.05, 3.63) is 24.3 Å². The molecule has 6 heteroatoms. The van der Waals surface area contributed by atoms with E-state index in [1.807, 2.05) is 0 Å². The minimum atomic E-state index is -4.36. The molecule has 0 aromatic heterocycles. The van der Waals surface area contributed by atoms with E-state index >= 15 is 0 Å². The number of carbonyl (C=O) groups excluding carboxylic acids is 1. The van der Waals surface area contributed by atoms with Crippen LogP contribution in [0.1, 0.15) is 6.92 Å². The zero-order valence-electron chi connectivity index (χ0n) is 7.30. The van der Waals surface area contributed by atoms with Crippen molar-refractivity contribution >= 4 is 16.1 Å². The summed E-state index contributed by atoms with van der Waals surface area (Å²) in [6.07, 6.45) is 0. The number of benzene rings is 1. The van der Waals surface area contributed by atoms with Crippen molar-refractivity contribution in [2.45, 2.75) is 11.8 Å². The summed E-state index contributed by atoms with van der Waals surface area (Å²) in [4.78, 5) is 10.2. The van der Waals surface area contributed by atoms with Gasteiger partial charge < -0.3 is 4.74 Å². The van der Waals surface area contributed by atoms with Gasteiger partial charge in [0.05, 0.1) is 0 Å². The fraction of sp³-hybridized carbons (Fsp3) is 0.125. The average Bonchev–Trinajstić information content (AvgIpc) is 2.01. The van der Waals surface area contributed by atoms with Crippen LogP contribution in [-0.2, 0) is 14.9 Å². The minimum Gasteiger partial charge on any atom is -0.425 e. The number of esters is 1. The molecule has 0 atom stereocenters. The maximum Gasteiger partial charge on any atom is 0.308 e. The minimum absolute atomic E-state index is 0.178. The quantitative estimate of drug-likeness (QED) is 0.450. The molecule has 0 unspecified atom stereocenters. The van der Waals surface area contributed by atoms with Gasteiger partial charge in [0.1, 0.15) is 4.90 Å². The van der Waals surface area contributed by atoms with E-state index in [4.69, 9.17) is 4.55 Å². The summed E-state index contributed by atoms with van der Waals surface area (Å²) in [5.74, 6) is -0.830. The zero-order chi connectivity index (χ0) is 10.8. The number of rotatable bonds is 2. The third kappa shape index (κ3) is 2.54. The molecule has 0 saturated heterocycles. The van der Waals surface area contributed by atoms with Crippen molar-refractivity contribution in [1.29, 1.82) is 0 Å². The molecule has 1 rings (SSSR count). The Bertz CT molecular complexity index is 449. The molecule has 0 radical (unpaired) electrons. The summed E-state index contributed by atoms with van der Waals surface area (Å²) in [6, 6.07) is 5.33. The lowest BCUT2D eigenvalue weighted by molar-refractivity contribution is -0.132. The molecule has 0 heterocycles. The highest BCUT2D eigenvalue weighted by Gasteiger charge is 2.16. The van der Waals surface area contributed by atoms with E-state index < -0.39 is 21.0 Å². The van der Waals surface area contributed by atoms with Crippen LogP contribution in [0.25, 0.3) is 0 Å². The molecule has 1 aromatic rings. The standard InChI is InChI=1S/C8H8O5S/c1-6(9)13-7-4-2-3-5-8(7)14(10,11)12/h2-5H,1H3,(H,10,11,12). The lowest BCUT2D eigenvalue weighted by Crippen LogP contribution is -2.07. The molecule has 0 fully saturated rings. The SMILES string of the molecule is CC(=O)Oc1ccccc1S(=O)(=O)O. The van der Waals surface area contributed by atoms with Gasteiger partial charge in [-0.2, -0.15) is 8.42 Å². The summed E-state index contributed by atoms with van der Waals surface area (Å²) >= 11 is 0. The van der Waals surface area contributed by atoms with Crippen LogP contribution >= 0.6 is 0 Å². The van der Waals surface area contributed by atoms with Gasteiger partial charge in [-0.15, -0.1) is 0 Å². The van der Waals surface area contributed by atoms with E-state index in [-0.39, 0.29) is 5.75 Å². The topological polar surface area (TPSA) is 80.7 Å². The van der Waals surface area contributed by atoms with E-state index in [9.17, 15) is 13.2 Å². The number of hydrogen-bond donors (Lipinski definition) is 1. The first-order valence-corrected chi connectivity index (χ1v) is 5.10. The van der Waals surface area contributed by atoms with E-state index in [1.54, 1.807) is 0 Å². The largest absolute Gasteiger partial charge is 0.425 e. The van der Waals surface area contributed by atoms with E-state index in [1.165, 1.54) is 18.2 Å². The van der Waals surface area contributed by atoms with Crippen LogP contribution in [0.4, 0.5) is 0 Å². The molecule has 0 aliphatic rings. The fourth-order valence-electron chi connectivity index (χ4n) is 0.902. The Morgan fingerprint density at radius 1 is 1.36 bits per heavy atom. The van der Waals surface area contributed by atoms with E-state index in [0.29, 0.717) is 0 Å². The first kappa shape index (κ1) is 10.7. The predicted molar refractivity (Wildman–Crippen MR) is 47.6 cm³/mol. The second kappa shape index (κ2) is 3.77. The average molecular weight is 216 g/mol. The maximum atomic E-state index is 10.8. The lowest BCUT2D eigenvalue weighted by atomic mass is 10.3. The molecule has 14 heavy (non-hydrogen) atoms. The maximum absolute atomic E-state index is 10.8. The first-order chi connectivity index (χ1) is 6.41. The van der Waals surface area contributed by atoms with E-state index in [0.717, 1.165) is 13.0 Å². The number of carbonyl (C=O) groups is 1. The molecule has 0 spiro atoms. The van der Waals surface area contributed by atoms with Gasteiger partial charge in [-0.25, -0.2) is 0 Å². The molecule has 76 valence electrons. The van der Waals surface area contributed by atoms with Crippen molar-refractivity contribution in [3.63, 3.8) is 0 Å². The van der Waals surface area contributed by atoms with Gasteiger partial charge in [0, 0.05) is 6.92 Å². The number of ether oxygens (including phenoxy) is 1. The van der Waals surface area contributed by atoms with Gasteiger partial charge in [-0.05, 0) is 12.1 Å². The molecule has 0 saturated carbocycles. The van der Waals surface area contributed by atoms with Gasteiger partial charge in [-0.3, -0.25) is 9.35 Å². The molecule has 0 aliphatic carbocycles. The monoisotopic (exact) mass is 216 g/mol. The number of para-hydroxylation sites is 1. The fourth-order valence-corrected chi connectivity index (χ4v) is 1.52. The van der Waals surface area contributed by atoms with Gasteiger partial charge >= 0.3 is 5.97 Å². The smallest absolute Gasteiger partial charge is 0.308 e. The Morgan fingerprint density at radius 3 is 2.43 bits per heavy atom. The molecular formula is C8H8O5S. The van der Waals surface area contributed by atoms with Crippen LogP contribution in [0.2, 0.25) is 0 Å². The second-order valence-electron chi connectivity index (χ2n) is 2.52. The molecule has 5 nitrogen and oxygen atoms in total.